The van der Waals surface area contributed by atoms with Crippen LogP contribution in [0.15, 0.2) is 28.6 Å². The van der Waals surface area contributed by atoms with Gasteiger partial charge in [0, 0.05) is 25.5 Å². The van der Waals surface area contributed by atoms with Gasteiger partial charge in [-0.05, 0) is 18.6 Å². The van der Waals surface area contributed by atoms with Gasteiger partial charge in [-0.1, -0.05) is 6.07 Å². The third-order valence-electron chi connectivity index (χ3n) is 3.62. The number of nitrogens with one attached hydrogen (secondary N) is 2. The molecule has 144 valence electrons. The fourth-order valence-corrected chi connectivity index (χ4v) is 3.10. The van der Waals surface area contributed by atoms with Gasteiger partial charge in [0.15, 0.2) is 11.1 Å². The minimum Gasteiger partial charge on any atom is -0.356 e. The van der Waals surface area contributed by atoms with Crippen LogP contribution in [0.3, 0.4) is 0 Å². The zero-order valence-electron chi connectivity index (χ0n) is 14.4. The number of anilines is 1. The summed E-state index contributed by atoms with van der Waals surface area (Å²) in [6, 6.07) is 4.59. The number of carbonyl (C=O) groups excluding carboxylic acids is 1. The number of aromatic nitrogens is 2. The van der Waals surface area contributed by atoms with Gasteiger partial charge in [0.1, 0.15) is 17.9 Å². The maximum Gasteiger partial charge on any atom is 0.406 e. The summed E-state index contributed by atoms with van der Waals surface area (Å²) in [7, 11) is 1.09. The molecule has 0 bridgehead atoms. The van der Waals surface area contributed by atoms with Crippen molar-refractivity contribution < 1.29 is 18.0 Å². The normalized spacial score (nSPS) is 14.3. The van der Waals surface area contributed by atoms with Crippen LogP contribution in [-0.4, -0.2) is 59.6 Å². The molecule has 0 unspecified atom stereocenters. The zero-order valence-corrected chi connectivity index (χ0v) is 15.2. The summed E-state index contributed by atoms with van der Waals surface area (Å²) in [5.41, 5.74) is 0.858. The smallest absolute Gasteiger partial charge is 0.356 e. The Hall–Kier alpha value is -2.69. The molecule has 1 amide bonds. The highest BCUT2D eigenvalue weighted by Crippen LogP contribution is 2.24. The average Bonchev–Trinajstić information content (AvgIpc) is 3.09. The average molecular weight is 398 g/mol. The summed E-state index contributed by atoms with van der Waals surface area (Å²) in [5.74, 6) is -0.156. The highest BCUT2D eigenvalue weighted by atomic mass is 32.1. The lowest BCUT2D eigenvalue weighted by Crippen LogP contribution is -2.36. The maximum atomic E-state index is 12.5. The topological polar surface area (TPSA) is 82.5 Å². The SMILES string of the molecule is CN(CC(F)(F)F)C(=O)c1cccc(-c2csc(NC3=NCCCN3)n2)n1. The number of alkyl halides is 3. The van der Waals surface area contributed by atoms with E-state index < -0.39 is 18.6 Å². The molecule has 0 aromatic carbocycles. The van der Waals surface area contributed by atoms with Crippen LogP contribution in [0, 0.1) is 0 Å². The molecule has 2 N–H and O–H groups in total. The van der Waals surface area contributed by atoms with Crippen molar-refractivity contribution in [1.82, 2.24) is 20.2 Å². The Balaban J connectivity index is 1.74. The summed E-state index contributed by atoms with van der Waals surface area (Å²) in [4.78, 5) is 25.6. The maximum absolute atomic E-state index is 12.5. The zero-order chi connectivity index (χ0) is 19.4. The van der Waals surface area contributed by atoms with E-state index >= 15 is 0 Å². The molecule has 2 aromatic heterocycles. The monoisotopic (exact) mass is 398 g/mol. The van der Waals surface area contributed by atoms with Gasteiger partial charge < -0.3 is 15.5 Å². The number of rotatable bonds is 4. The molecule has 0 atom stereocenters. The molecular weight excluding hydrogens is 381 g/mol. The van der Waals surface area contributed by atoms with Crippen molar-refractivity contribution in [2.45, 2.75) is 12.6 Å². The molecule has 0 aliphatic carbocycles. The number of carbonyl (C=O) groups is 1. The second kappa shape index (κ2) is 7.91. The molecule has 3 rings (SSSR count). The molecular formula is C16H17F3N6OS. The third-order valence-corrected chi connectivity index (χ3v) is 4.38. The van der Waals surface area contributed by atoms with E-state index in [1.807, 2.05) is 0 Å². The molecule has 0 fully saturated rings. The molecule has 0 saturated heterocycles. The minimum atomic E-state index is -4.46. The lowest BCUT2D eigenvalue weighted by atomic mass is 10.2. The Labute approximate surface area is 157 Å². The van der Waals surface area contributed by atoms with Crippen LogP contribution in [-0.2, 0) is 0 Å². The Bertz CT molecular complexity index is 851. The number of halogens is 3. The van der Waals surface area contributed by atoms with Crippen molar-refractivity contribution in [2.75, 3.05) is 32.0 Å². The third kappa shape index (κ3) is 5.16. The molecule has 2 aromatic rings. The first-order valence-corrected chi connectivity index (χ1v) is 9.00. The van der Waals surface area contributed by atoms with Gasteiger partial charge >= 0.3 is 6.18 Å². The van der Waals surface area contributed by atoms with Crippen molar-refractivity contribution in [3.8, 4) is 11.4 Å². The fourth-order valence-electron chi connectivity index (χ4n) is 2.40. The van der Waals surface area contributed by atoms with E-state index in [4.69, 9.17) is 0 Å². The van der Waals surface area contributed by atoms with Crippen molar-refractivity contribution in [3.05, 3.63) is 29.3 Å². The van der Waals surface area contributed by atoms with Gasteiger partial charge in [-0.3, -0.25) is 9.79 Å². The number of pyridine rings is 1. The van der Waals surface area contributed by atoms with E-state index in [1.165, 1.54) is 17.4 Å². The van der Waals surface area contributed by atoms with Gasteiger partial charge in [0.25, 0.3) is 5.91 Å². The van der Waals surface area contributed by atoms with Gasteiger partial charge in [0.2, 0.25) is 0 Å². The van der Waals surface area contributed by atoms with Gasteiger partial charge in [0.05, 0.1) is 5.69 Å². The molecule has 27 heavy (non-hydrogen) atoms. The van der Waals surface area contributed by atoms with Crippen LogP contribution < -0.4 is 10.6 Å². The Morgan fingerprint density at radius 1 is 1.33 bits per heavy atom. The van der Waals surface area contributed by atoms with Gasteiger partial charge in [-0.2, -0.15) is 13.2 Å². The number of nitrogens with zero attached hydrogens (tertiary/aromatic N) is 4. The van der Waals surface area contributed by atoms with Crippen molar-refractivity contribution in [2.24, 2.45) is 4.99 Å². The number of hydrogen-bond donors (Lipinski definition) is 2. The van der Waals surface area contributed by atoms with Crippen LogP contribution in [0.4, 0.5) is 18.3 Å². The lowest BCUT2D eigenvalue weighted by molar-refractivity contribution is -0.138. The van der Waals surface area contributed by atoms with E-state index in [-0.39, 0.29) is 5.69 Å². The largest absolute Gasteiger partial charge is 0.406 e. The van der Waals surface area contributed by atoms with Crippen molar-refractivity contribution in [1.29, 1.82) is 0 Å². The quantitative estimate of drug-likeness (QED) is 0.827. The molecule has 1 aliphatic rings. The number of hydrogen-bond acceptors (Lipinski definition) is 7. The first-order chi connectivity index (χ1) is 12.8. The number of guanidine groups is 1. The van der Waals surface area contributed by atoms with Crippen molar-refractivity contribution >= 4 is 28.3 Å². The van der Waals surface area contributed by atoms with Crippen LogP contribution in [0.2, 0.25) is 0 Å². The highest BCUT2D eigenvalue weighted by molar-refractivity contribution is 7.14. The second-order valence-electron chi connectivity index (χ2n) is 5.86. The first kappa shape index (κ1) is 19.1. The van der Waals surface area contributed by atoms with Crippen molar-refractivity contribution in [3.63, 3.8) is 0 Å². The van der Waals surface area contributed by atoms with Gasteiger partial charge in [-0.25, -0.2) is 9.97 Å². The van der Waals surface area contributed by atoms with E-state index in [9.17, 15) is 18.0 Å². The fraction of sp³-hybridized carbons (Fsp3) is 0.375. The van der Waals surface area contributed by atoms with Crippen LogP contribution in [0.5, 0.6) is 0 Å². The molecule has 0 radical (unpaired) electrons. The Kier molecular flexibility index (Phi) is 5.59. The van der Waals surface area contributed by atoms with E-state index in [1.54, 1.807) is 17.5 Å². The second-order valence-corrected chi connectivity index (χ2v) is 6.72. The Morgan fingerprint density at radius 2 is 2.15 bits per heavy atom. The number of amides is 1. The van der Waals surface area contributed by atoms with E-state index in [2.05, 4.69) is 25.6 Å². The van der Waals surface area contributed by atoms with E-state index in [0.29, 0.717) is 27.4 Å². The number of thiazole rings is 1. The molecule has 1 aliphatic heterocycles. The Morgan fingerprint density at radius 3 is 2.85 bits per heavy atom. The summed E-state index contributed by atoms with van der Waals surface area (Å²) < 4.78 is 37.4. The van der Waals surface area contributed by atoms with Crippen LogP contribution >= 0.6 is 11.3 Å². The predicted octanol–water partition coefficient (Wildman–Crippen LogP) is 2.60. The lowest BCUT2D eigenvalue weighted by Gasteiger charge is -2.18. The van der Waals surface area contributed by atoms with E-state index in [0.717, 1.165) is 26.6 Å². The predicted molar refractivity (Wildman–Crippen MR) is 96.9 cm³/mol. The summed E-state index contributed by atoms with van der Waals surface area (Å²) in [6.07, 6.45) is -3.49. The summed E-state index contributed by atoms with van der Waals surface area (Å²) >= 11 is 1.34. The highest BCUT2D eigenvalue weighted by Gasteiger charge is 2.31. The standard InChI is InChI=1S/C16H17F3N6OS/c1-25(9-16(17,18)19)13(26)11-5-2-4-10(22-11)12-8-27-15(23-12)24-14-20-6-3-7-21-14/h2,4-5,8H,3,6-7,9H2,1H3,(H2,20,21,23,24). The molecule has 7 nitrogen and oxygen atoms in total. The van der Waals surface area contributed by atoms with Gasteiger partial charge in [-0.15, -0.1) is 11.3 Å². The molecule has 11 heteroatoms. The molecule has 3 heterocycles. The number of aliphatic imine (C=N–C) groups is 1. The molecule has 0 spiro atoms. The van der Waals surface area contributed by atoms with Crippen LogP contribution in [0.25, 0.3) is 11.4 Å². The summed E-state index contributed by atoms with van der Waals surface area (Å²) in [5, 5.41) is 8.54. The van der Waals surface area contributed by atoms with Crippen LogP contribution in [0.1, 0.15) is 16.9 Å². The first-order valence-electron chi connectivity index (χ1n) is 8.12. The minimum absolute atomic E-state index is 0.0694. The molecule has 0 saturated carbocycles. The summed E-state index contributed by atoms with van der Waals surface area (Å²) in [6.45, 7) is 0.240.